The summed E-state index contributed by atoms with van der Waals surface area (Å²) < 4.78 is 0. The summed E-state index contributed by atoms with van der Waals surface area (Å²) in [5.41, 5.74) is 0.201. The number of hydrogen-bond donors (Lipinski definition) is 2. The van der Waals surface area contributed by atoms with Crippen LogP contribution in [0.3, 0.4) is 0 Å². The van der Waals surface area contributed by atoms with Crippen molar-refractivity contribution >= 4 is 5.96 Å². The molecule has 0 heterocycles. The second-order valence-electron chi connectivity index (χ2n) is 7.70. The molecule has 0 saturated heterocycles. The third-order valence-corrected chi connectivity index (χ3v) is 4.11. The van der Waals surface area contributed by atoms with Gasteiger partial charge in [0.05, 0.1) is 0 Å². The van der Waals surface area contributed by atoms with Crippen LogP contribution in [0.15, 0.2) is 4.99 Å². The minimum atomic E-state index is 0.201. The number of hydrogen-bond acceptors (Lipinski definition) is 2. The van der Waals surface area contributed by atoms with Gasteiger partial charge in [0.1, 0.15) is 0 Å². The molecule has 2 N–H and O–H groups in total. The minimum absolute atomic E-state index is 0.201. The fourth-order valence-electron chi connectivity index (χ4n) is 3.12. The van der Waals surface area contributed by atoms with E-state index < -0.39 is 0 Å². The van der Waals surface area contributed by atoms with Crippen molar-refractivity contribution in [3.63, 3.8) is 0 Å². The molecule has 1 aliphatic rings. The molecular formula is C17H36N4. The van der Waals surface area contributed by atoms with Crippen molar-refractivity contribution in [2.45, 2.75) is 59.4 Å². The van der Waals surface area contributed by atoms with Crippen molar-refractivity contribution in [3.8, 4) is 0 Å². The quantitative estimate of drug-likeness (QED) is 0.585. The van der Waals surface area contributed by atoms with Gasteiger partial charge >= 0.3 is 0 Å². The van der Waals surface area contributed by atoms with Gasteiger partial charge < -0.3 is 15.5 Å². The summed E-state index contributed by atoms with van der Waals surface area (Å²) in [6, 6.07) is 0.593. The monoisotopic (exact) mass is 296 g/mol. The Kier molecular flexibility index (Phi) is 7.50. The minimum Gasteiger partial charge on any atom is -0.357 e. The van der Waals surface area contributed by atoms with Crippen LogP contribution in [-0.4, -0.2) is 50.6 Å². The largest absolute Gasteiger partial charge is 0.357 e. The first-order valence-corrected chi connectivity index (χ1v) is 8.52. The number of nitrogens with one attached hydrogen (secondary N) is 2. The smallest absolute Gasteiger partial charge is 0.191 e. The van der Waals surface area contributed by atoms with E-state index in [0.717, 1.165) is 31.5 Å². The van der Waals surface area contributed by atoms with Gasteiger partial charge in [0.15, 0.2) is 5.96 Å². The number of aliphatic imine (C=N–C) groups is 1. The van der Waals surface area contributed by atoms with Gasteiger partial charge in [0.25, 0.3) is 0 Å². The second kappa shape index (κ2) is 8.62. The van der Waals surface area contributed by atoms with Crippen LogP contribution in [-0.2, 0) is 0 Å². The van der Waals surface area contributed by atoms with E-state index in [1.54, 1.807) is 0 Å². The van der Waals surface area contributed by atoms with E-state index in [2.05, 4.69) is 57.3 Å². The first-order chi connectivity index (χ1) is 9.82. The molecule has 1 saturated carbocycles. The zero-order valence-corrected chi connectivity index (χ0v) is 15.0. The molecule has 1 aliphatic carbocycles. The summed E-state index contributed by atoms with van der Waals surface area (Å²) in [6.07, 6.45) is 5.21. The zero-order valence-electron chi connectivity index (χ0n) is 15.0. The van der Waals surface area contributed by atoms with Crippen molar-refractivity contribution in [2.24, 2.45) is 16.3 Å². The Labute approximate surface area is 131 Å². The molecule has 0 atom stereocenters. The van der Waals surface area contributed by atoms with Gasteiger partial charge in [-0.05, 0) is 58.0 Å². The molecule has 124 valence electrons. The Morgan fingerprint density at radius 3 is 2.33 bits per heavy atom. The highest BCUT2D eigenvalue weighted by molar-refractivity contribution is 5.80. The predicted molar refractivity (Wildman–Crippen MR) is 92.9 cm³/mol. The summed E-state index contributed by atoms with van der Waals surface area (Å²) in [5.74, 6) is 1.88. The third-order valence-electron chi connectivity index (χ3n) is 4.11. The fourth-order valence-corrected chi connectivity index (χ4v) is 3.12. The summed E-state index contributed by atoms with van der Waals surface area (Å²) in [5, 5.41) is 7.02. The third kappa shape index (κ3) is 7.70. The highest BCUT2D eigenvalue weighted by atomic mass is 15.2. The van der Waals surface area contributed by atoms with E-state index in [1.807, 2.05) is 0 Å². The van der Waals surface area contributed by atoms with Crippen LogP contribution in [0.4, 0.5) is 0 Å². The summed E-state index contributed by atoms with van der Waals surface area (Å²) in [7, 11) is 4.25. The first kappa shape index (κ1) is 18.3. The summed E-state index contributed by atoms with van der Waals surface area (Å²) >= 11 is 0. The molecule has 1 rings (SSSR count). The van der Waals surface area contributed by atoms with E-state index >= 15 is 0 Å². The lowest BCUT2D eigenvalue weighted by atomic mass is 9.87. The van der Waals surface area contributed by atoms with Crippen molar-refractivity contribution in [1.82, 2.24) is 15.5 Å². The molecular weight excluding hydrogens is 260 g/mol. The standard InChI is InChI=1S/C17H36N4/c1-7-18-16(19-12-17(3,4)13-21(5)6)20-15-10-8-14(2)9-11-15/h14-15H,7-13H2,1-6H3,(H2,18,19,20). The van der Waals surface area contributed by atoms with E-state index in [0.29, 0.717) is 6.04 Å². The van der Waals surface area contributed by atoms with Gasteiger partial charge in [-0.15, -0.1) is 0 Å². The molecule has 0 spiro atoms. The van der Waals surface area contributed by atoms with Crippen LogP contribution >= 0.6 is 0 Å². The average Bonchev–Trinajstić information content (AvgIpc) is 2.37. The Bertz CT molecular complexity index is 315. The molecule has 0 bridgehead atoms. The summed E-state index contributed by atoms with van der Waals surface area (Å²) in [4.78, 5) is 7.05. The molecule has 4 nitrogen and oxygen atoms in total. The van der Waals surface area contributed by atoms with Crippen LogP contribution in [0.5, 0.6) is 0 Å². The maximum absolute atomic E-state index is 4.82. The maximum atomic E-state index is 4.82. The molecule has 21 heavy (non-hydrogen) atoms. The molecule has 0 unspecified atom stereocenters. The van der Waals surface area contributed by atoms with Gasteiger partial charge in [-0.1, -0.05) is 20.8 Å². The van der Waals surface area contributed by atoms with Crippen LogP contribution in [0.1, 0.15) is 53.4 Å². The summed E-state index contributed by atoms with van der Waals surface area (Å²) in [6.45, 7) is 11.9. The van der Waals surface area contributed by atoms with E-state index in [-0.39, 0.29) is 5.41 Å². The molecule has 0 aromatic carbocycles. The van der Waals surface area contributed by atoms with Gasteiger partial charge in [-0.2, -0.15) is 0 Å². The zero-order chi connectivity index (χ0) is 15.9. The lowest BCUT2D eigenvalue weighted by Crippen LogP contribution is -2.45. The normalized spacial score (nSPS) is 24.2. The second-order valence-corrected chi connectivity index (χ2v) is 7.70. The van der Waals surface area contributed by atoms with Crippen molar-refractivity contribution in [2.75, 3.05) is 33.7 Å². The highest BCUT2D eigenvalue weighted by Crippen LogP contribution is 2.23. The van der Waals surface area contributed by atoms with Gasteiger partial charge in [-0.3, -0.25) is 4.99 Å². The topological polar surface area (TPSA) is 39.7 Å². The Balaban J connectivity index is 2.53. The fraction of sp³-hybridized carbons (Fsp3) is 0.941. The van der Waals surface area contributed by atoms with Crippen molar-refractivity contribution in [1.29, 1.82) is 0 Å². The average molecular weight is 297 g/mol. The van der Waals surface area contributed by atoms with Crippen molar-refractivity contribution in [3.05, 3.63) is 0 Å². The van der Waals surface area contributed by atoms with E-state index in [4.69, 9.17) is 4.99 Å². The molecule has 0 aliphatic heterocycles. The van der Waals surface area contributed by atoms with Crippen LogP contribution in [0.25, 0.3) is 0 Å². The maximum Gasteiger partial charge on any atom is 0.191 e. The molecule has 4 heteroatoms. The number of guanidine groups is 1. The van der Waals surface area contributed by atoms with Crippen molar-refractivity contribution < 1.29 is 0 Å². The van der Waals surface area contributed by atoms with Crippen LogP contribution in [0, 0.1) is 11.3 Å². The Morgan fingerprint density at radius 2 is 1.81 bits per heavy atom. The predicted octanol–water partition coefficient (Wildman–Crippen LogP) is 2.71. The number of rotatable bonds is 6. The van der Waals surface area contributed by atoms with E-state index in [9.17, 15) is 0 Å². The molecule has 0 amide bonds. The lowest BCUT2D eigenvalue weighted by molar-refractivity contribution is 0.248. The first-order valence-electron chi connectivity index (χ1n) is 8.52. The van der Waals surface area contributed by atoms with E-state index in [1.165, 1.54) is 25.7 Å². The highest BCUT2D eigenvalue weighted by Gasteiger charge is 2.21. The Hall–Kier alpha value is -0.770. The molecule has 1 fully saturated rings. The van der Waals surface area contributed by atoms with Gasteiger partial charge in [-0.25, -0.2) is 0 Å². The molecule has 0 aromatic rings. The SMILES string of the molecule is CCNC(=NCC(C)(C)CN(C)C)NC1CCC(C)CC1. The Morgan fingerprint density at radius 1 is 1.19 bits per heavy atom. The molecule has 0 aromatic heterocycles. The van der Waals surface area contributed by atoms with Gasteiger partial charge in [0, 0.05) is 25.7 Å². The number of nitrogens with zero attached hydrogens (tertiary/aromatic N) is 2. The van der Waals surface area contributed by atoms with Crippen LogP contribution < -0.4 is 10.6 Å². The lowest BCUT2D eigenvalue weighted by Gasteiger charge is -2.30. The molecule has 0 radical (unpaired) electrons. The van der Waals surface area contributed by atoms with Crippen LogP contribution in [0.2, 0.25) is 0 Å². The van der Waals surface area contributed by atoms with Gasteiger partial charge in [0.2, 0.25) is 0 Å².